The first-order valence-corrected chi connectivity index (χ1v) is 8.08. The molecule has 0 aliphatic rings. The molecule has 0 heterocycles. The number of benzene rings is 2. The van der Waals surface area contributed by atoms with Crippen LogP contribution in [0.4, 0.5) is 0 Å². The molecule has 1 N–H and O–H groups in total. The van der Waals surface area contributed by atoms with Gasteiger partial charge in [-0.3, -0.25) is 0 Å². The topological polar surface area (TPSA) is 20.2 Å². The first-order chi connectivity index (χ1) is 7.77. The lowest BCUT2D eigenvalue weighted by molar-refractivity contribution is 0.582. The lowest BCUT2D eigenvalue weighted by atomic mass is 10.0. The fraction of sp³-hybridized carbons (Fsp3) is 0.143. The molecule has 0 radical (unpaired) electrons. The molecule has 0 spiro atoms. The summed E-state index contributed by atoms with van der Waals surface area (Å²) in [4.78, 5) is 9.33. The Balaban J connectivity index is 2.34. The predicted molar refractivity (Wildman–Crippen MR) is 73.0 cm³/mol. The van der Waals surface area contributed by atoms with E-state index in [4.69, 9.17) is 0 Å². The van der Waals surface area contributed by atoms with Crippen LogP contribution < -0.4 is 0 Å². The Hall–Kier alpha value is -1.38. The largest absolute Gasteiger partial charge is 0.435 e. The van der Waals surface area contributed by atoms with E-state index in [2.05, 4.69) is 54.6 Å². The van der Waals surface area contributed by atoms with Crippen LogP contribution in [-0.4, -0.2) is 13.8 Å². The summed E-state index contributed by atoms with van der Waals surface area (Å²) in [6.07, 6.45) is 4.20. The van der Waals surface area contributed by atoms with Crippen LogP contribution in [0.25, 0.3) is 16.8 Å². The van der Waals surface area contributed by atoms with Crippen LogP contribution in [0.15, 0.2) is 48.5 Å². The molecule has 2 rings (SSSR count). The molecular formula is C14H16OSi. The first-order valence-electron chi connectivity index (χ1n) is 5.60. The summed E-state index contributed by atoms with van der Waals surface area (Å²) >= 11 is 0. The third-order valence-corrected chi connectivity index (χ3v) is 3.55. The van der Waals surface area contributed by atoms with Crippen LogP contribution in [0.2, 0.25) is 12.6 Å². The van der Waals surface area contributed by atoms with Gasteiger partial charge < -0.3 is 4.80 Å². The first kappa shape index (κ1) is 11.1. The maximum atomic E-state index is 9.33. The third kappa shape index (κ3) is 2.59. The molecule has 1 nitrogen and oxygen atoms in total. The van der Waals surface area contributed by atoms with Crippen LogP contribution in [0.3, 0.4) is 0 Å². The Kier molecular flexibility index (Phi) is 3.54. The van der Waals surface area contributed by atoms with Crippen molar-refractivity contribution in [1.82, 2.24) is 0 Å². The second-order valence-electron chi connectivity index (χ2n) is 4.06. The molecule has 0 fully saturated rings. The zero-order valence-electron chi connectivity index (χ0n) is 9.43. The van der Waals surface area contributed by atoms with Crippen LogP contribution in [0.1, 0.15) is 5.56 Å². The molecule has 16 heavy (non-hydrogen) atoms. The van der Waals surface area contributed by atoms with E-state index in [0.717, 1.165) is 6.04 Å². The lowest BCUT2D eigenvalue weighted by Crippen LogP contribution is -2.01. The Labute approximate surface area is 97.8 Å². The number of fused-ring (bicyclic) bond motifs is 1. The molecule has 2 heteroatoms. The maximum absolute atomic E-state index is 9.33. The van der Waals surface area contributed by atoms with Gasteiger partial charge in [0.2, 0.25) is 0 Å². The highest BCUT2D eigenvalue weighted by Gasteiger charge is 1.97. The fourth-order valence-corrected chi connectivity index (χ4v) is 2.32. The van der Waals surface area contributed by atoms with Gasteiger partial charge in [0.05, 0.1) is 0 Å². The lowest BCUT2D eigenvalue weighted by Gasteiger charge is -2.01. The molecule has 1 unspecified atom stereocenters. The summed E-state index contributed by atoms with van der Waals surface area (Å²) in [5, 5.41) is 2.53. The summed E-state index contributed by atoms with van der Waals surface area (Å²) in [5.74, 6) is 0. The number of rotatable bonds is 3. The van der Waals surface area contributed by atoms with Crippen molar-refractivity contribution >= 4 is 25.9 Å². The van der Waals surface area contributed by atoms with Crippen molar-refractivity contribution in [2.45, 2.75) is 12.6 Å². The van der Waals surface area contributed by atoms with Crippen LogP contribution in [0.5, 0.6) is 0 Å². The molecule has 0 saturated heterocycles. The number of allylic oxidation sites excluding steroid dienone is 1. The molecule has 0 bridgehead atoms. The van der Waals surface area contributed by atoms with Crippen molar-refractivity contribution in [3.63, 3.8) is 0 Å². The van der Waals surface area contributed by atoms with Gasteiger partial charge in [-0.05, 0) is 28.9 Å². The molecule has 0 aliphatic carbocycles. The van der Waals surface area contributed by atoms with E-state index in [1.54, 1.807) is 0 Å². The van der Waals surface area contributed by atoms with Crippen LogP contribution >= 0.6 is 0 Å². The van der Waals surface area contributed by atoms with Crippen LogP contribution in [-0.2, 0) is 0 Å². The van der Waals surface area contributed by atoms with Gasteiger partial charge in [-0.25, -0.2) is 0 Å². The molecule has 0 aromatic heterocycles. The second kappa shape index (κ2) is 5.10. The maximum Gasteiger partial charge on any atom is 0.173 e. The molecule has 82 valence electrons. The van der Waals surface area contributed by atoms with E-state index in [9.17, 15) is 4.80 Å². The van der Waals surface area contributed by atoms with Crippen molar-refractivity contribution in [2.24, 2.45) is 0 Å². The highest BCUT2D eigenvalue weighted by atomic mass is 28.3. The SMILES string of the molecule is C[SiH](O)CC=Cc1cccc2ccccc12. The van der Waals surface area contributed by atoms with Crippen molar-refractivity contribution < 1.29 is 4.80 Å². The molecule has 2 aromatic rings. The van der Waals surface area contributed by atoms with Crippen molar-refractivity contribution in [3.8, 4) is 0 Å². The minimum absolute atomic E-state index is 0.837. The Morgan fingerprint density at radius 2 is 1.88 bits per heavy atom. The Bertz CT molecular complexity index is 498. The third-order valence-electron chi connectivity index (χ3n) is 2.60. The highest BCUT2D eigenvalue weighted by molar-refractivity contribution is 6.49. The molecule has 0 saturated carbocycles. The van der Waals surface area contributed by atoms with Gasteiger partial charge in [-0.15, -0.1) is 0 Å². The summed E-state index contributed by atoms with van der Waals surface area (Å²) in [7, 11) is -1.46. The van der Waals surface area contributed by atoms with Crippen LogP contribution in [0, 0.1) is 0 Å². The summed E-state index contributed by atoms with van der Waals surface area (Å²) in [5.41, 5.74) is 1.23. The molecule has 0 aliphatic heterocycles. The van der Waals surface area contributed by atoms with Crippen molar-refractivity contribution in [1.29, 1.82) is 0 Å². The van der Waals surface area contributed by atoms with Gasteiger partial charge in [0, 0.05) is 0 Å². The van der Waals surface area contributed by atoms with E-state index in [0.29, 0.717) is 0 Å². The Morgan fingerprint density at radius 3 is 2.69 bits per heavy atom. The van der Waals surface area contributed by atoms with Gasteiger partial charge in [0.15, 0.2) is 9.04 Å². The second-order valence-corrected chi connectivity index (χ2v) is 6.22. The number of hydrogen-bond acceptors (Lipinski definition) is 1. The quantitative estimate of drug-likeness (QED) is 0.800. The van der Waals surface area contributed by atoms with Gasteiger partial charge in [0.1, 0.15) is 0 Å². The minimum Gasteiger partial charge on any atom is -0.435 e. The fourth-order valence-electron chi connectivity index (χ4n) is 1.79. The van der Waals surface area contributed by atoms with E-state index in [-0.39, 0.29) is 0 Å². The van der Waals surface area contributed by atoms with Crippen molar-refractivity contribution in [2.75, 3.05) is 0 Å². The summed E-state index contributed by atoms with van der Waals surface area (Å²) in [6.45, 7) is 1.94. The average Bonchev–Trinajstić information content (AvgIpc) is 2.29. The highest BCUT2D eigenvalue weighted by Crippen LogP contribution is 2.19. The van der Waals surface area contributed by atoms with Gasteiger partial charge >= 0.3 is 0 Å². The predicted octanol–water partition coefficient (Wildman–Crippen LogP) is 3.20. The van der Waals surface area contributed by atoms with Gasteiger partial charge in [-0.2, -0.15) is 0 Å². The molecule has 2 aromatic carbocycles. The van der Waals surface area contributed by atoms with Gasteiger partial charge in [-0.1, -0.05) is 54.6 Å². The molecule has 0 amide bonds. The standard InChI is InChI=1S/C14H16OSi/c1-16(15)11-5-9-13-8-4-7-12-6-2-3-10-14(12)13/h2-10,15-16H,11H2,1H3. The summed E-state index contributed by atoms with van der Waals surface area (Å²) < 4.78 is 0. The van der Waals surface area contributed by atoms with Crippen molar-refractivity contribution in [3.05, 3.63) is 54.1 Å². The molecule has 1 atom stereocenters. The zero-order chi connectivity index (χ0) is 11.4. The number of hydrogen-bond donors (Lipinski definition) is 1. The minimum atomic E-state index is -1.46. The zero-order valence-corrected chi connectivity index (χ0v) is 10.6. The average molecular weight is 228 g/mol. The van der Waals surface area contributed by atoms with E-state index >= 15 is 0 Å². The smallest absolute Gasteiger partial charge is 0.173 e. The van der Waals surface area contributed by atoms with E-state index in [1.165, 1.54) is 16.3 Å². The summed E-state index contributed by atoms with van der Waals surface area (Å²) in [6, 6.07) is 15.5. The van der Waals surface area contributed by atoms with E-state index in [1.807, 2.05) is 6.55 Å². The van der Waals surface area contributed by atoms with E-state index < -0.39 is 9.04 Å². The Morgan fingerprint density at radius 1 is 1.12 bits per heavy atom. The molecular weight excluding hydrogens is 212 g/mol. The monoisotopic (exact) mass is 228 g/mol. The van der Waals surface area contributed by atoms with Gasteiger partial charge in [0.25, 0.3) is 0 Å². The normalized spacial score (nSPS) is 13.4.